The van der Waals surface area contributed by atoms with Crippen LogP contribution in [0.4, 0.5) is 4.79 Å². The Bertz CT molecular complexity index is 351. The number of carboxylic acid groups (broad SMARTS) is 1. The van der Waals surface area contributed by atoms with Crippen molar-refractivity contribution in [2.45, 2.75) is 43.4 Å². The van der Waals surface area contributed by atoms with Crippen molar-refractivity contribution in [3.63, 3.8) is 0 Å². The van der Waals surface area contributed by atoms with Gasteiger partial charge in [0, 0.05) is 24.4 Å². The van der Waals surface area contributed by atoms with E-state index in [4.69, 9.17) is 5.11 Å². The highest BCUT2D eigenvalue weighted by Gasteiger charge is 2.31. The number of piperidine rings is 1. The van der Waals surface area contributed by atoms with Crippen LogP contribution in [0.2, 0.25) is 0 Å². The molecule has 2 aliphatic rings. The topological polar surface area (TPSA) is 69.6 Å². The van der Waals surface area contributed by atoms with Gasteiger partial charge in [0.25, 0.3) is 0 Å². The van der Waals surface area contributed by atoms with Crippen molar-refractivity contribution >= 4 is 23.8 Å². The van der Waals surface area contributed by atoms with Gasteiger partial charge in [0.15, 0.2) is 0 Å². The van der Waals surface area contributed by atoms with E-state index in [2.05, 4.69) is 11.6 Å². The highest BCUT2D eigenvalue weighted by Crippen LogP contribution is 2.28. The SMILES string of the molecule is CSC1CCC(NC(=O)N2CCC[C@H](C(=O)O)C2)C1. The van der Waals surface area contributed by atoms with Crippen LogP contribution in [0.5, 0.6) is 0 Å². The van der Waals surface area contributed by atoms with E-state index in [0.717, 1.165) is 25.7 Å². The second kappa shape index (κ2) is 6.50. The molecule has 19 heavy (non-hydrogen) atoms. The molecule has 0 aromatic heterocycles. The van der Waals surface area contributed by atoms with Crippen LogP contribution in [-0.4, -0.2) is 52.6 Å². The van der Waals surface area contributed by atoms with Crippen LogP contribution in [0, 0.1) is 5.92 Å². The monoisotopic (exact) mass is 286 g/mol. The molecule has 1 saturated heterocycles. The lowest BCUT2D eigenvalue weighted by Gasteiger charge is -2.31. The Labute approximate surface area is 118 Å². The summed E-state index contributed by atoms with van der Waals surface area (Å²) in [5.74, 6) is -1.19. The number of thioether (sulfide) groups is 1. The standard InChI is InChI=1S/C13H22N2O3S/c1-19-11-5-4-10(7-11)14-13(18)15-6-2-3-9(8-15)12(16)17/h9-11H,2-8H2,1H3,(H,14,18)(H,16,17)/t9-,10?,11?/m0/s1. The summed E-state index contributed by atoms with van der Waals surface area (Å²) < 4.78 is 0. The van der Waals surface area contributed by atoms with Crippen LogP contribution in [0.15, 0.2) is 0 Å². The molecule has 1 saturated carbocycles. The average Bonchev–Trinajstić information content (AvgIpc) is 2.86. The first-order valence-electron chi connectivity index (χ1n) is 6.91. The zero-order valence-corrected chi connectivity index (χ0v) is 12.1. The predicted molar refractivity (Wildman–Crippen MR) is 75.4 cm³/mol. The number of hydrogen-bond acceptors (Lipinski definition) is 3. The first kappa shape index (κ1) is 14.5. The Balaban J connectivity index is 1.81. The molecule has 108 valence electrons. The first-order valence-corrected chi connectivity index (χ1v) is 8.20. The van der Waals surface area contributed by atoms with Crippen LogP contribution in [0.1, 0.15) is 32.1 Å². The number of carboxylic acids is 1. The number of likely N-dealkylation sites (tertiary alicyclic amines) is 1. The van der Waals surface area contributed by atoms with E-state index in [0.29, 0.717) is 24.8 Å². The lowest BCUT2D eigenvalue weighted by molar-refractivity contribution is -0.143. The Kier molecular flexibility index (Phi) is 4.96. The maximum Gasteiger partial charge on any atom is 0.317 e. The molecule has 2 amide bonds. The summed E-state index contributed by atoms with van der Waals surface area (Å²) in [4.78, 5) is 24.8. The Morgan fingerprint density at radius 1 is 1.32 bits per heavy atom. The number of carbonyl (C=O) groups excluding carboxylic acids is 1. The first-order chi connectivity index (χ1) is 9.10. The van der Waals surface area contributed by atoms with Gasteiger partial charge in [-0.25, -0.2) is 4.79 Å². The van der Waals surface area contributed by atoms with Crippen molar-refractivity contribution in [3.05, 3.63) is 0 Å². The van der Waals surface area contributed by atoms with E-state index in [1.54, 1.807) is 4.90 Å². The molecule has 2 fully saturated rings. The van der Waals surface area contributed by atoms with Crippen molar-refractivity contribution in [1.82, 2.24) is 10.2 Å². The summed E-state index contributed by atoms with van der Waals surface area (Å²) in [6, 6.07) is 0.174. The maximum absolute atomic E-state index is 12.1. The third-order valence-electron chi connectivity index (χ3n) is 4.10. The number of amides is 2. The number of urea groups is 1. The van der Waals surface area contributed by atoms with E-state index in [-0.39, 0.29) is 12.1 Å². The van der Waals surface area contributed by atoms with Gasteiger partial charge in [-0.2, -0.15) is 11.8 Å². The average molecular weight is 286 g/mol. The van der Waals surface area contributed by atoms with Gasteiger partial charge in [0.2, 0.25) is 0 Å². The molecule has 0 bridgehead atoms. The van der Waals surface area contributed by atoms with Gasteiger partial charge in [0.1, 0.15) is 0 Å². The Morgan fingerprint density at radius 3 is 2.74 bits per heavy atom. The van der Waals surface area contributed by atoms with Gasteiger partial charge in [-0.1, -0.05) is 0 Å². The molecule has 6 heteroatoms. The zero-order chi connectivity index (χ0) is 13.8. The fourth-order valence-electron chi connectivity index (χ4n) is 2.91. The second-order valence-corrected chi connectivity index (χ2v) is 6.58. The van der Waals surface area contributed by atoms with Gasteiger partial charge < -0.3 is 15.3 Å². The summed E-state index contributed by atoms with van der Waals surface area (Å²) in [6.07, 6.45) is 6.79. The third kappa shape index (κ3) is 3.78. The third-order valence-corrected chi connectivity index (χ3v) is 5.20. The number of hydrogen-bond donors (Lipinski definition) is 2. The summed E-state index contributed by atoms with van der Waals surface area (Å²) in [5.41, 5.74) is 0. The molecule has 0 spiro atoms. The van der Waals surface area contributed by atoms with E-state index in [1.807, 2.05) is 11.8 Å². The highest BCUT2D eigenvalue weighted by atomic mass is 32.2. The summed E-state index contributed by atoms with van der Waals surface area (Å²) in [5, 5.41) is 12.7. The molecule has 3 atom stereocenters. The van der Waals surface area contributed by atoms with E-state index in [1.165, 1.54) is 0 Å². The lowest BCUT2D eigenvalue weighted by atomic mass is 9.99. The summed E-state index contributed by atoms with van der Waals surface area (Å²) in [7, 11) is 0. The van der Waals surface area contributed by atoms with Crippen LogP contribution >= 0.6 is 11.8 Å². The van der Waals surface area contributed by atoms with Gasteiger partial charge in [-0.15, -0.1) is 0 Å². The minimum Gasteiger partial charge on any atom is -0.481 e. The lowest BCUT2D eigenvalue weighted by Crippen LogP contribution is -2.49. The van der Waals surface area contributed by atoms with Crippen molar-refractivity contribution in [2.24, 2.45) is 5.92 Å². The molecular formula is C13H22N2O3S. The van der Waals surface area contributed by atoms with E-state index < -0.39 is 11.9 Å². The number of nitrogens with one attached hydrogen (secondary N) is 1. The molecule has 5 nitrogen and oxygen atoms in total. The largest absolute Gasteiger partial charge is 0.481 e. The van der Waals surface area contributed by atoms with Crippen molar-refractivity contribution in [3.8, 4) is 0 Å². The molecule has 2 N–H and O–H groups in total. The van der Waals surface area contributed by atoms with Crippen molar-refractivity contribution in [2.75, 3.05) is 19.3 Å². The summed E-state index contributed by atoms with van der Waals surface area (Å²) >= 11 is 1.86. The van der Waals surface area contributed by atoms with Crippen LogP contribution in [0.25, 0.3) is 0 Å². The minimum atomic E-state index is -0.791. The quantitative estimate of drug-likeness (QED) is 0.829. The van der Waals surface area contributed by atoms with Crippen LogP contribution in [0.3, 0.4) is 0 Å². The van der Waals surface area contributed by atoms with Crippen LogP contribution in [-0.2, 0) is 4.79 Å². The van der Waals surface area contributed by atoms with Crippen molar-refractivity contribution < 1.29 is 14.7 Å². The molecule has 1 aliphatic carbocycles. The molecule has 0 aromatic carbocycles. The van der Waals surface area contributed by atoms with Gasteiger partial charge in [0.05, 0.1) is 5.92 Å². The molecule has 1 heterocycles. The molecule has 2 unspecified atom stereocenters. The number of aliphatic carboxylic acids is 1. The second-order valence-electron chi connectivity index (χ2n) is 5.44. The molecule has 1 aliphatic heterocycles. The fraction of sp³-hybridized carbons (Fsp3) is 0.846. The predicted octanol–water partition coefficient (Wildman–Crippen LogP) is 1.78. The molecule has 0 aromatic rings. The van der Waals surface area contributed by atoms with E-state index >= 15 is 0 Å². The molecular weight excluding hydrogens is 264 g/mol. The van der Waals surface area contributed by atoms with Crippen LogP contribution < -0.4 is 5.32 Å². The number of nitrogens with zero attached hydrogens (tertiary/aromatic N) is 1. The Hall–Kier alpha value is -0.910. The maximum atomic E-state index is 12.1. The van der Waals surface area contributed by atoms with Crippen molar-refractivity contribution in [1.29, 1.82) is 0 Å². The summed E-state index contributed by atoms with van der Waals surface area (Å²) in [6.45, 7) is 1.02. The molecule has 2 rings (SSSR count). The zero-order valence-electron chi connectivity index (χ0n) is 11.3. The number of rotatable bonds is 3. The number of carbonyl (C=O) groups is 2. The minimum absolute atomic E-state index is 0.0855. The Morgan fingerprint density at radius 2 is 2.11 bits per heavy atom. The van der Waals surface area contributed by atoms with Gasteiger partial charge in [-0.05, 0) is 38.4 Å². The smallest absolute Gasteiger partial charge is 0.317 e. The fourth-order valence-corrected chi connectivity index (χ4v) is 3.71. The van der Waals surface area contributed by atoms with E-state index in [9.17, 15) is 9.59 Å². The highest BCUT2D eigenvalue weighted by molar-refractivity contribution is 7.99. The molecule has 0 radical (unpaired) electrons. The normalized spacial score (nSPS) is 31.2. The van der Waals surface area contributed by atoms with Gasteiger partial charge in [-0.3, -0.25) is 4.79 Å². The van der Waals surface area contributed by atoms with Gasteiger partial charge >= 0.3 is 12.0 Å².